The Bertz CT molecular complexity index is 925. The van der Waals surface area contributed by atoms with Crippen LogP contribution in [0.2, 0.25) is 0 Å². The molecule has 7 heteroatoms. The smallest absolute Gasteiger partial charge is 0.320 e. The van der Waals surface area contributed by atoms with Crippen LogP contribution < -0.4 is 5.32 Å². The molecule has 0 aromatic heterocycles. The van der Waals surface area contributed by atoms with Gasteiger partial charge >= 0.3 is 6.03 Å². The molecule has 4 aliphatic carbocycles. The van der Waals surface area contributed by atoms with E-state index in [-0.39, 0.29) is 23.9 Å². The number of carbonyl (C=O) groups excluding carboxylic acids is 3. The lowest BCUT2D eigenvalue weighted by atomic mass is 9.54. The summed E-state index contributed by atoms with van der Waals surface area (Å²) in [6.45, 7) is 3.50. The number of benzene rings is 1. The minimum absolute atomic E-state index is 0.0185. The van der Waals surface area contributed by atoms with Crippen molar-refractivity contribution in [3.63, 3.8) is 0 Å². The van der Waals surface area contributed by atoms with Gasteiger partial charge < -0.3 is 20.0 Å². The normalized spacial score (nSPS) is 29.7. The molecule has 5 fully saturated rings. The van der Waals surface area contributed by atoms with Crippen LogP contribution in [0.3, 0.4) is 0 Å². The molecule has 1 aromatic carbocycles. The maximum Gasteiger partial charge on any atom is 0.320 e. The first-order valence-electron chi connectivity index (χ1n) is 13.4. The Morgan fingerprint density at radius 3 is 2.03 bits per heavy atom. The van der Waals surface area contributed by atoms with Crippen LogP contribution in [-0.4, -0.2) is 71.8 Å². The van der Waals surface area contributed by atoms with Crippen LogP contribution in [0.1, 0.15) is 67.8 Å². The Labute approximate surface area is 209 Å². The van der Waals surface area contributed by atoms with E-state index >= 15 is 0 Å². The molecule has 35 heavy (non-hydrogen) atoms. The molecule has 7 nitrogen and oxygen atoms in total. The average Bonchev–Trinajstić information content (AvgIpc) is 2.85. The van der Waals surface area contributed by atoms with Crippen molar-refractivity contribution >= 4 is 17.8 Å². The van der Waals surface area contributed by atoms with Gasteiger partial charge in [0.1, 0.15) is 0 Å². The van der Waals surface area contributed by atoms with Gasteiger partial charge in [0.2, 0.25) is 5.91 Å². The van der Waals surface area contributed by atoms with E-state index in [1.54, 1.807) is 11.8 Å². The summed E-state index contributed by atoms with van der Waals surface area (Å²) in [6.07, 6.45) is 8.21. The molecule has 0 radical (unpaired) electrons. The van der Waals surface area contributed by atoms with Gasteiger partial charge in [-0.1, -0.05) is 12.1 Å². The third-order valence-corrected chi connectivity index (χ3v) is 9.25. The molecule has 1 heterocycles. The maximum atomic E-state index is 13.0. The van der Waals surface area contributed by atoms with E-state index < -0.39 is 0 Å². The van der Waals surface area contributed by atoms with Crippen molar-refractivity contribution in [1.29, 1.82) is 0 Å². The zero-order valence-corrected chi connectivity index (χ0v) is 21.4. The Morgan fingerprint density at radius 1 is 0.914 bits per heavy atom. The first-order valence-corrected chi connectivity index (χ1v) is 13.4. The summed E-state index contributed by atoms with van der Waals surface area (Å²) in [5.41, 5.74) is 1.71. The van der Waals surface area contributed by atoms with Gasteiger partial charge in [-0.3, -0.25) is 9.59 Å². The van der Waals surface area contributed by atoms with E-state index in [1.807, 2.05) is 48.2 Å². The summed E-state index contributed by atoms with van der Waals surface area (Å²) in [5.74, 6) is 3.27. The van der Waals surface area contributed by atoms with Crippen LogP contribution in [0.15, 0.2) is 24.3 Å². The topological polar surface area (TPSA) is 73.0 Å². The molecule has 0 spiro atoms. The SMILES string of the molecule is CC(=O)N1CCC(N(C)C(=O)N(C)Cc2ccc(C(=O)NC3C4CC5CC(C4)CC3C5)cc2)CC1. The van der Waals surface area contributed by atoms with Crippen LogP contribution in [0.25, 0.3) is 0 Å². The van der Waals surface area contributed by atoms with Crippen LogP contribution in [0, 0.1) is 23.7 Å². The summed E-state index contributed by atoms with van der Waals surface area (Å²) in [5, 5.41) is 3.38. The molecule has 4 amide bonds. The number of piperidine rings is 1. The second kappa shape index (κ2) is 9.82. The molecule has 1 saturated heterocycles. The van der Waals surface area contributed by atoms with Crippen molar-refractivity contribution in [2.45, 2.75) is 70.5 Å². The Kier molecular flexibility index (Phi) is 6.78. The van der Waals surface area contributed by atoms with Gasteiger partial charge in [-0.25, -0.2) is 4.79 Å². The number of urea groups is 1. The standard InChI is InChI=1S/C28H40N4O3/c1-18(33)32-10-8-25(9-11-32)31(3)28(35)30(2)17-19-4-6-22(7-5-19)27(34)29-26-23-13-20-12-21(15-23)16-24(26)14-20/h4-7,20-21,23-26H,8-17H2,1-3H3,(H,29,34). The first-order chi connectivity index (χ1) is 16.8. The minimum atomic E-state index is -0.0185. The van der Waals surface area contributed by atoms with Crippen molar-refractivity contribution in [3.8, 4) is 0 Å². The third-order valence-electron chi connectivity index (χ3n) is 9.25. The molecular formula is C28H40N4O3. The van der Waals surface area contributed by atoms with E-state index in [1.165, 1.54) is 32.1 Å². The van der Waals surface area contributed by atoms with Crippen LogP contribution in [0.4, 0.5) is 4.79 Å². The van der Waals surface area contributed by atoms with E-state index in [9.17, 15) is 14.4 Å². The summed E-state index contributed by atoms with van der Waals surface area (Å²) in [4.78, 5) is 42.9. The maximum absolute atomic E-state index is 13.0. The van der Waals surface area contributed by atoms with Gasteiger partial charge in [0.05, 0.1) is 0 Å². The van der Waals surface area contributed by atoms with Crippen molar-refractivity contribution < 1.29 is 14.4 Å². The minimum Gasteiger partial charge on any atom is -0.349 e. The van der Waals surface area contributed by atoms with Gasteiger partial charge in [0.15, 0.2) is 0 Å². The highest BCUT2D eigenvalue weighted by molar-refractivity contribution is 5.94. The lowest BCUT2D eigenvalue weighted by Gasteiger charge is -2.54. The fourth-order valence-electron chi connectivity index (χ4n) is 7.49. The van der Waals surface area contributed by atoms with Crippen molar-refractivity contribution in [1.82, 2.24) is 20.0 Å². The molecule has 4 bridgehead atoms. The number of hydrogen-bond donors (Lipinski definition) is 1. The van der Waals surface area contributed by atoms with Crippen molar-refractivity contribution in [2.24, 2.45) is 23.7 Å². The van der Waals surface area contributed by atoms with E-state index in [0.29, 0.717) is 43.1 Å². The van der Waals surface area contributed by atoms with E-state index in [2.05, 4.69) is 5.32 Å². The Balaban J connectivity index is 1.12. The number of rotatable bonds is 5. The molecule has 0 atom stereocenters. The number of nitrogens with one attached hydrogen (secondary N) is 1. The van der Waals surface area contributed by atoms with Crippen LogP contribution in [0.5, 0.6) is 0 Å². The van der Waals surface area contributed by atoms with Crippen LogP contribution in [-0.2, 0) is 11.3 Å². The predicted molar refractivity (Wildman–Crippen MR) is 135 cm³/mol. The fourth-order valence-corrected chi connectivity index (χ4v) is 7.49. The second-order valence-corrected chi connectivity index (χ2v) is 11.6. The number of nitrogens with zero attached hydrogens (tertiary/aromatic N) is 3. The molecule has 0 unspecified atom stereocenters. The summed E-state index contributed by atoms with van der Waals surface area (Å²) < 4.78 is 0. The number of carbonyl (C=O) groups is 3. The molecule has 4 saturated carbocycles. The van der Waals surface area contributed by atoms with Crippen molar-refractivity contribution in [2.75, 3.05) is 27.2 Å². The monoisotopic (exact) mass is 480 g/mol. The molecule has 1 aliphatic heterocycles. The highest BCUT2D eigenvalue weighted by atomic mass is 16.2. The van der Waals surface area contributed by atoms with E-state index in [0.717, 1.165) is 30.2 Å². The molecular weight excluding hydrogens is 440 g/mol. The summed E-state index contributed by atoms with van der Waals surface area (Å²) >= 11 is 0. The molecule has 5 aliphatic rings. The van der Waals surface area contributed by atoms with E-state index in [4.69, 9.17) is 0 Å². The van der Waals surface area contributed by atoms with Gasteiger partial charge in [0, 0.05) is 58.3 Å². The highest BCUT2D eigenvalue weighted by Gasteiger charge is 2.48. The molecule has 1 N–H and O–H groups in total. The predicted octanol–water partition coefficient (Wildman–Crippen LogP) is 3.74. The van der Waals surface area contributed by atoms with Gasteiger partial charge in [-0.15, -0.1) is 0 Å². The molecule has 6 rings (SSSR count). The largest absolute Gasteiger partial charge is 0.349 e. The van der Waals surface area contributed by atoms with Crippen molar-refractivity contribution in [3.05, 3.63) is 35.4 Å². The van der Waals surface area contributed by atoms with Gasteiger partial charge in [-0.05, 0) is 86.3 Å². The highest BCUT2D eigenvalue weighted by Crippen LogP contribution is 2.53. The number of likely N-dealkylation sites (tertiary alicyclic amines) is 1. The lowest BCUT2D eigenvalue weighted by molar-refractivity contribution is -0.130. The Hall–Kier alpha value is -2.57. The zero-order chi connectivity index (χ0) is 24.7. The van der Waals surface area contributed by atoms with Crippen LogP contribution >= 0.6 is 0 Å². The first kappa shape index (κ1) is 24.1. The number of amides is 4. The van der Waals surface area contributed by atoms with Gasteiger partial charge in [0.25, 0.3) is 5.91 Å². The number of hydrogen-bond acceptors (Lipinski definition) is 3. The second-order valence-electron chi connectivity index (χ2n) is 11.6. The fraction of sp³-hybridized carbons (Fsp3) is 0.679. The molecule has 1 aromatic rings. The Morgan fingerprint density at radius 2 is 1.49 bits per heavy atom. The molecule has 190 valence electrons. The summed E-state index contributed by atoms with van der Waals surface area (Å²) in [7, 11) is 3.67. The zero-order valence-electron chi connectivity index (χ0n) is 21.4. The van der Waals surface area contributed by atoms with Gasteiger partial charge in [-0.2, -0.15) is 0 Å². The quantitative estimate of drug-likeness (QED) is 0.698. The average molecular weight is 481 g/mol. The lowest BCUT2D eigenvalue weighted by Crippen LogP contribution is -2.55. The summed E-state index contributed by atoms with van der Waals surface area (Å²) in [6, 6.07) is 8.17. The third kappa shape index (κ3) is 5.05.